The van der Waals surface area contributed by atoms with Crippen molar-refractivity contribution >= 4 is 11.9 Å². The van der Waals surface area contributed by atoms with Gasteiger partial charge in [0.25, 0.3) is 0 Å². The molecule has 3 fully saturated rings. The van der Waals surface area contributed by atoms with Crippen molar-refractivity contribution in [3.8, 4) is 0 Å². The van der Waals surface area contributed by atoms with Crippen LogP contribution in [0, 0.1) is 34.0 Å². The van der Waals surface area contributed by atoms with Crippen LogP contribution in [0.4, 0.5) is 0 Å². The molecule has 0 amide bonds. The largest absolute Gasteiger partial charge is 0.462 e. The molecule has 0 unspecified atom stereocenters. The molecule has 158 valence electrons. The number of carbonyl (C=O) groups is 2. The van der Waals surface area contributed by atoms with Gasteiger partial charge in [0.2, 0.25) is 0 Å². The van der Waals surface area contributed by atoms with Gasteiger partial charge >= 0.3 is 11.9 Å². The van der Waals surface area contributed by atoms with Crippen molar-refractivity contribution in [1.29, 1.82) is 0 Å². The van der Waals surface area contributed by atoms with E-state index < -0.39 is 0 Å². The van der Waals surface area contributed by atoms with Gasteiger partial charge in [0.15, 0.2) is 0 Å². The Hall–Kier alpha value is -1.32. The van der Waals surface area contributed by atoms with Crippen molar-refractivity contribution in [3.63, 3.8) is 0 Å². The lowest BCUT2D eigenvalue weighted by Crippen LogP contribution is -2.48. The Kier molecular flexibility index (Phi) is 5.48. The van der Waals surface area contributed by atoms with Crippen LogP contribution in [0.1, 0.15) is 80.6 Å². The van der Waals surface area contributed by atoms with Gasteiger partial charge in [-0.2, -0.15) is 0 Å². The highest BCUT2D eigenvalue weighted by molar-refractivity contribution is 5.66. The molecule has 0 heterocycles. The molecule has 0 radical (unpaired) electrons. The summed E-state index contributed by atoms with van der Waals surface area (Å²) in [5.41, 5.74) is 2.33. The third kappa shape index (κ3) is 3.41. The number of hydrogen-bond acceptors (Lipinski definition) is 4. The molecule has 0 spiro atoms. The van der Waals surface area contributed by atoms with Crippen LogP contribution < -0.4 is 0 Å². The molecule has 5 rings (SSSR count). The molecule has 4 bridgehead atoms. The van der Waals surface area contributed by atoms with Crippen molar-refractivity contribution in [3.05, 3.63) is 11.6 Å². The van der Waals surface area contributed by atoms with E-state index in [1.807, 2.05) is 0 Å². The summed E-state index contributed by atoms with van der Waals surface area (Å²) in [6.07, 6.45) is 8.48. The summed E-state index contributed by atoms with van der Waals surface area (Å²) in [5, 5.41) is 0. The van der Waals surface area contributed by atoms with E-state index in [4.69, 9.17) is 9.47 Å². The first-order valence-corrected chi connectivity index (χ1v) is 10.9. The fraction of sp³-hybridized carbons (Fsp3) is 0.833. The van der Waals surface area contributed by atoms with Crippen molar-refractivity contribution in [2.24, 2.45) is 34.0 Å². The number of allylic oxidation sites excluding steroid dienone is 1. The number of hydrogen-bond donors (Lipinski definition) is 0. The summed E-state index contributed by atoms with van der Waals surface area (Å²) in [4.78, 5) is 21.7. The number of ether oxygens (including phenoxy) is 2. The van der Waals surface area contributed by atoms with Crippen LogP contribution in [0.2, 0.25) is 0 Å². The van der Waals surface area contributed by atoms with Gasteiger partial charge in [-0.05, 0) is 66.3 Å². The van der Waals surface area contributed by atoms with E-state index in [0.717, 1.165) is 18.3 Å². The monoisotopic (exact) mass is 390 g/mol. The van der Waals surface area contributed by atoms with E-state index in [9.17, 15) is 9.59 Å². The predicted octanol–water partition coefficient (Wildman–Crippen LogP) is 5.31. The van der Waals surface area contributed by atoms with E-state index in [1.54, 1.807) is 0 Å². The molecule has 0 aromatic heterocycles. The fourth-order valence-corrected chi connectivity index (χ4v) is 6.33. The Morgan fingerprint density at radius 2 is 1.71 bits per heavy atom. The first-order chi connectivity index (χ1) is 12.9. The molecule has 5 aliphatic carbocycles. The Bertz CT molecular complexity index is 674. The van der Waals surface area contributed by atoms with Gasteiger partial charge in [-0.1, -0.05) is 40.7 Å². The molecule has 5 atom stereocenters. The maximum absolute atomic E-state index is 11.0. The normalized spacial score (nSPS) is 38.5. The van der Waals surface area contributed by atoms with E-state index in [2.05, 4.69) is 40.7 Å². The first-order valence-electron chi connectivity index (χ1n) is 10.9. The maximum atomic E-state index is 11.0. The minimum absolute atomic E-state index is 0.125. The van der Waals surface area contributed by atoms with Crippen LogP contribution in [-0.4, -0.2) is 24.6 Å². The van der Waals surface area contributed by atoms with Crippen molar-refractivity contribution in [1.82, 2.24) is 0 Å². The van der Waals surface area contributed by atoms with Crippen LogP contribution in [-0.2, 0) is 19.1 Å². The minimum atomic E-state index is -0.176. The van der Waals surface area contributed by atoms with Gasteiger partial charge < -0.3 is 9.47 Å². The molecular formula is C24H38O4. The van der Waals surface area contributed by atoms with Gasteiger partial charge in [0, 0.05) is 19.3 Å². The second kappa shape index (κ2) is 7.18. The Balaban J connectivity index is 0.000000161. The summed E-state index contributed by atoms with van der Waals surface area (Å²) < 4.78 is 10.5. The van der Waals surface area contributed by atoms with Crippen molar-refractivity contribution in [2.45, 2.75) is 86.7 Å². The number of esters is 2. The van der Waals surface area contributed by atoms with Crippen LogP contribution in [0.5, 0.6) is 0 Å². The van der Waals surface area contributed by atoms with E-state index in [1.165, 1.54) is 45.1 Å². The van der Waals surface area contributed by atoms with Gasteiger partial charge in [-0.25, -0.2) is 0 Å². The molecule has 4 nitrogen and oxygen atoms in total. The Morgan fingerprint density at radius 3 is 2.14 bits per heavy atom. The highest BCUT2D eigenvalue weighted by Crippen LogP contribution is 2.66. The quantitative estimate of drug-likeness (QED) is 0.484. The van der Waals surface area contributed by atoms with Gasteiger partial charge in [-0.15, -0.1) is 0 Å². The van der Waals surface area contributed by atoms with Gasteiger partial charge in [0.1, 0.15) is 12.7 Å². The van der Waals surface area contributed by atoms with Gasteiger partial charge in [0.05, 0.1) is 0 Å². The minimum Gasteiger partial charge on any atom is -0.462 e. The Labute approximate surface area is 170 Å². The second-order valence-electron chi connectivity index (χ2n) is 10.8. The molecular weight excluding hydrogens is 352 g/mol. The standard InChI is InChI=1S/C12H20O2.C12H18O2/c1-8(13)14-10-7-9-5-6-12(10,4)11(9,2)3;1-8(13)14-7-9-4-5-10-6-11(9)12(10,2)3/h9-10H,5-7H2,1-4H3;4,10-11H,5-7H2,1-3H3/t9-,10-,12+;10-,11-/m01/s1. The zero-order valence-corrected chi connectivity index (χ0v) is 18.8. The topological polar surface area (TPSA) is 52.6 Å². The van der Waals surface area contributed by atoms with Gasteiger partial charge in [-0.3, -0.25) is 9.59 Å². The van der Waals surface area contributed by atoms with Crippen LogP contribution in [0.15, 0.2) is 11.6 Å². The average molecular weight is 391 g/mol. The van der Waals surface area contributed by atoms with E-state index >= 15 is 0 Å². The lowest BCUT2D eigenvalue weighted by Gasteiger charge is -2.56. The fourth-order valence-electron chi connectivity index (χ4n) is 6.33. The first kappa shape index (κ1) is 21.4. The maximum Gasteiger partial charge on any atom is 0.302 e. The molecule has 3 saturated carbocycles. The zero-order chi connectivity index (χ0) is 20.9. The molecule has 0 aliphatic heterocycles. The molecule has 0 aromatic carbocycles. The second-order valence-corrected chi connectivity index (χ2v) is 10.8. The highest BCUT2D eigenvalue weighted by atomic mass is 16.5. The number of carbonyl (C=O) groups excluding carboxylic acids is 2. The zero-order valence-electron chi connectivity index (χ0n) is 18.8. The SMILES string of the molecule is CC(=O)OCC1=CC[C@@H]2C[C@H]1C2(C)C.CC(=O)O[C@H]1C[C@@H]2CC[C@@]1(C)C2(C)C. The third-order valence-electron chi connectivity index (χ3n) is 9.05. The van der Waals surface area contributed by atoms with Crippen LogP contribution in [0.3, 0.4) is 0 Å². The molecule has 4 heteroatoms. The van der Waals surface area contributed by atoms with Crippen LogP contribution >= 0.6 is 0 Å². The molecule has 0 saturated heterocycles. The van der Waals surface area contributed by atoms with E-state index in [-0.39, 0.29) is 23.5 Å². The van der Waals surface area contributed by atoms with Crippen molar-refractivity contribution < 1.29 is 19.1 Å². The summed E-state index contributed by atoms with van der Waals surface area (Å²) >= 11 is 0. The van der Waals surface area contributed by atoms with E-state index in [0.29, 0.717) is 23.4 Å². The smallest absolute Gasteiger partial charge is 0.302 e. The summed E-state index contributed by atoms with van der Waals surface area (Å²) in [5.74, 6) is 1.95. The van der Waals surface area contributed by atoms with Crippen LogP contribution in [0.25, 0.3) is 0 Å². The summed E-state index contributed by atoms with van der Waals surface area (Å²) in [6.45, 7) is 15.1. The lowest BCUT2D eigenvalue weighted by atomic mass is 9.49. The molecule has 0 N–H and O–H groups in total. The molecule has 5 aliphatic rings. The predicted molar refractivity (Wildman–Crippen MR) is 109 cm³/mol. The third-order valence-corrected chi connectivity index (χ3v) is 9.05. The molecule has 28 heavy (non-hydrogen) atoms. The lowest BCUT2D eigenvalue weighted by molar-refractivity contribution is -0.154. The average Bonchev–Trinajstić information content (AvgIpc) is 2.93. The highest BCUT2D eigenvalue weighted by Gasteiger charge is 2.62. The Morgan fingerprint density at radius 1 is 1.04 bits per heavy atom. The summed E-state index contributed by atoms with van der Waals surface area (Å²) in [6, 6.07) is 0. The number of fused-ring (bicyclic) bond motifs is 3. The number of rotatable bonds is 3. The van der Waals surface area contributed by atoms with Crippen molar-refractivity contribution in [2.75, 3.05) is 6.61 Å². The summed E-state index contributed by atoms with van der Waals surface area (Å²) in [7, 11) is 0. The molecule has 0 aromatic rings.